The van der Waals surface area contributed by atoms with E-state index < -0.39 is 4.92 Å². The molecule has 110 valence electrons. The number of nitrogens with one attached hydrogen (secondary N) is 1. The molecule has 0 bridgehead atoms. The Hall–Kier alpha value is -2.07. The van der Waals surface area contributed by atoms with Crippen molar-refractivity contribution < 1.29 is 4.92 Å². The monoisotopic (exact) mass is 304 g/mol. The summed E-state index contributed by atoms with van der Waals surface area (Å²) >= 11 is 6.07. The molecule has 0 amide bonds. The Morgan fingerprint density at radius 1 is 1.19 bits per heavy atom. The molecule has 0 fully saturated rings. The van der Waals surface area contributed by atoms with E-state index in [1.54, 1.807) is 12.1 Å². The lowest BCUT2D eigenvalue weighted by Gasteiger charge is -2.16. The first-order valence-corrected chi connectivity index (χ1v) is 7.19. The van der Waals surface area contributed by atoms with Gasteiger partial charge < -0.3 is 5.32 Å². The molecule has 0 aromatic heterocycles. The predicted molar refractivity (Wildman–Crippen MR) is 86.0 cm³/mol. The molecule has 2 aromatic rings. The number of hydrogen-bond donors (Lipinski definition) is 1. The van der Waals surface area contributed by atoms with Crippen molar-refractivity contribution in [2.45, 2.75) is 25.8 Å². The number of hydrogen-bond acceptors (Lipinski definition) is 3. The highest BCUT2D eigenvalue weighted by molar-refractivity contribution is 6.33. The minimum atomic E-state index is -0.419. The molecule has 0 aliphatic carbocycles. The van der Waals surface area contributed by atoms with Gasteiger partial charge in [-0.15, -0.1) is 0 Å². The fourth-order valence-electron chi connectivity index (χ4n) is 2.15. The Balaban J connectivity index is 2.03. The SMILES string of the molecule is CC(CCc1ccccc1)Nc1c(Cl)cccc1[N+](=O)[O-]. The molecule has 0 aliphatic heterocycles. The van der Waals surface area contributed by atoms with Crippen LogP contribution in [0.3, 0.4) is 0 Å². The third kappa shape index (κ3) is 4.20. The van der Waals surface area contributed by atoms with Gasteiger partial charge in [0.2, 0.25) is 0 Å². The van der Waals surface area contributed by atoms with Crippen LogP contribution < -0.4 is 5.32 Å². The van der Waals surface area contributed by atoms with Crippen molar-refractivity contribution in [2.75, 3.05) is 5.32 Å². The van der Waals surface area contributed by atoms with Crippen LogP contribution in [0.25, 0.3) is 0 Å². The van der Waals surface area contributed by atoms with Crippen LogP contribution in [0.4, 0.5) is 11.4 Å². The second-order valence-electron chi connectivity index (χ2n) is 4.96. The average molecular weight is 305 g/mol. The van der Waals surface area contributed by atoms with Crippen LogP contribution in [-0.2, 0) is 6.42 Å². The molecule has 21 heavy (non-hydrogen) atoms. The van der Waals surface area contributed by atoms with Crippen molar-refractivity contribution in [3.8, 4) is 0 Å². The van der Waals surface area contributed by atoms with Gasteiger partial charge in [-0.3, -0.25) is 10.1 Å². The Morgan fingerprint density at radius 2 is 1.90 bits per heavy atom. The smallest absolute Gasteiger partial charge is 0.293 e. The number of para-hydroxylation sites is 1. The van der Waals surface area contributed by atoms with E-state index in [-0.39, 0.29) is 11.7 Å². The maximum absolute atomic E-state index is 11.0. The van der Waals surface area contributed by atoms with Crippen LogP contribution in [0, 0.1) is 10.1 Å². The lowest BCUT2D eigenvalue weighted by atomic mass is 10.1. The van der Waals surface area contributed by atoms with Crippen LogP contribution in [0.5, 0.6) is 0 Å². The van der Waals surface area contributed by atoms with Gasteiger partial charge in [-0.25, -0.2) is 0 Å². The summed E-state index contributed by atoms with van der Waals surface area (Å²) in [6, 6.07) is 14.9. The van der Waals surface area contributed by atoms with Crippen LogP contribution in [0.15, 0.2) is 48.5 Å². The lowest BCUT2D eigenvalue weighted by molar-refractivity contribution is -0.384. The number of nitro benzene ring substituents is 1. The zero-order valence-electron chi connectivity index (χ0n) is 11.8. The summed E-state index contributed by atoms with van der Waals surface area (Å²) in [5.74, 6) is 0. The van der Waals surface area contributed by atoms with Gasteiger partial charge in [0.25, 0.3) is 5.69 Å². The standard InChI is InChI=1S/C16H17ClN2O2/c1-12(10-11-13-6-3-2-4-7-13)18-16-14(17)8-5-9-15(16)19(20)21/h2-9,12,18H,10-11H2,1H3. The zero-order chi connectivity index (χ0) is 15.2. The Bertz CT molecular complexity index is 617. The van der Waals surface area contributed by atoms with E-state index in [1.165, 1.54) is 11.6 Å². The normalized spacial score (nSPS) is 11.9. The molecule has 0 saturated heterocycles. The van der Waals surface area contributed by atoms with Crippen molar-refractivity contribution in [2.24, 2.45) is 0 Å². The highest BCUT2D eigenvalue weighted by Crippen LogP contribution is 2.32. The van der Waals surface area contributed by atoms with Gasteiger partial charge in [-0.05, 0) is 31.4 Å². The van der Waals surface area contributed by atoms with Gasteiger partial charge >= 0.3 is 0 Å². The summed E-state index contributed by atoms with van der Waals surface area (Å²) in [6.07, 6.45) is 1.78. The summed E-state index contributed by atoms with van der Waals surface area (Å²) in [5.41, 5.74) is 1.65. The third-order valence-corrected chi connectivity index (χ3v) is 3.60. The third-order valence-electron chi connectivity index (χ3n) is 3.29. The van der Waals surface area contributed by atoms with Gasteiger partial charge in [-0.1, -0.05) is 48.0 Å². The first-order valence-electron chi connectivity index (χ1n) is 6.81. The second-order valence-corrected chi connectivity index (χ2v) is 5.37. The Labute approximate surface area is 128 Å². The fraction of sp³-hybridized carbons (Fsp3) is 0.250. The van der Waals surface area contributed by atoms with E-state index in [2.05, 4.69) is 17.4 Å². The molecule has 1 atom stereocenters. The molecule has 0 saturated carbocycles. The summed E-state index contributed by atoms with van der Waals surface area (Å²) in [5, 5.41) is 14.6. The fourth-order valence-corrected chi connectivity index (χ4v) is 2.38. The first-order chi connectivity index (χ1) is 10.1. The van der Waals surface area contributed by atoms with E-state index >= 15 is 0 Å². The first kappa shape index (κ1) is 15.3. The van der Waals surface area contributed by atoms with Gasteiger partial charge in [0, 0.05) is 12.1 Å². The predicted octanol–water partition coefficient (Wildman–Crippen LogP) is 4.68. The van der Waals surface area contributed by atoms with Gasteiger partial charge in [-0.2, -0.15) is 0 Å². The van der Waals surface area contributed by atoms with Crippen molar-refractivity contribution in [1.82, 2.24) is 0 Å². The van der Waals surface area contributed by atoms with Gasteiger partial charge in [0.1, 0.15) is 5.69 Å². The molecular formula is C16H17ClN2O2. The van der Waals surface area contributed by atoms with Crippen LogP contribution in [0.2, 0.25) is 5.02 Å². The Morgan fingerprint density at radius 3 is 2.57 bits per heavy atom. The molecule has 0 spiro atoms. The molecule has 2 rings (SSSR count). The molecule has 0 heterocycles. The second kappa shape index (κ2) is 7.09. The number of nitro groups is 1. The highest BCUT2D eigenvalue weighted by Gasteiger charge is 2.18. The van der Waals surface area contributed by atoms with Crippen molar-refractivity contribution in [3.05, 3.63) is 69.2 Å². The number of nitrogens with zero attached hydrogens (tertiary/aromatic N) is 1. The lowest BCUT2D eigenvalue weighted by Crippen LogP contribution is -2.17. The van der Waals surface area contributed by atoms with Gasteiger partial charge in [0.15, 0.2) is 0 Å². The molecule has 5 heteroatoms. The van der Waals surface area contributed by atoms with E-state index in [1.807, 2.05) is 25.1 Å². The topological polar surface area (TPSA) is 55.2 Å². The molecule has 2 aromatic carbocycles. The molecule has 4 nitrogen and oxygen atoms in total. The maximum Gasteiger partial charge on any atom is 0.293 e. The largest absolute Gasteiger partial charge is 0.376 e. The minimum Gasteiger partial charge on any atom is -0.376 e. The van der Waals surface area contributed by atoms with Crippen LogP contribution in [-0.4, -0.2) is 11.0 Å². The summed E-state index contributed by atoms with van der Waals surface area (Å²) in [7, 11) is 0. The van der Waals surface area contributed by atoms with Crippen molar-refractivity contribution in [3.63, 3.8) is 0 Å². The van der Waals surface area contributed by atoms with E-state index in [9.17, 15) is 10.1 Å². The number of anilines is 1. The molecule has 1 unspecified atom stereocenters. The molecule has 0 aliphatic rings. The zero-order valence-corrected chi connectivity index (χ0v) is 12.5. The maximum atomic E-state index is 11.0. The highest BCUT2D eigenvalue weighted by atomic mass is 35.5. The summed E-state index contributed by atoms with van der Waals surface area (Å²) < 4.78 is 0. The quantitative estimate of drug-likeness (QED) is 0.622. The van der Waals surface area contributed by atoms with Crippen molar-refractivity contribution in [1.29, 1.82) is 0 Å². The van der Waals surface area contributed by atoms with Crippen LogP contribution >= 0.6 is 11.6 Å². The van der Waals surface area contributed by atoms with E-state index in [0.717, 1.165) is 12.8 Å². The number of aryl methyl sites for hydroxylation is 1. The molecular weight excluding hydrogens is 288 g/mol. The minimum absolute atomic E-state index is 0.00839. The van der Waals surface area contributed by atoms with Crippen molar-refractivity contribution >= 4 is 23.0 Å². The number of benzene rings is 2. The summed E-state index contributed by atoms with van der Waals surface area (Å²) in [4.78, 5) is 10.6. The number of rotatable bonds is 6. The molecule has 0 radical (unpaired) electrons. The van der Waals surface area contributed by atoms with Gasteiger partial charge in [0.05, 0.1) is 9.95 Å². The van der Waals surface area contributed by atoms with E-state index in [4.69, 9.17) is 11.6 Å². The average Bonchev–Trinajstić information content (AvgIpc) is 2.48. The summed E-state index contributed by atoms with van der Waals surface area (Å²) in [6.45, 7) is 2.00. The Kier molecular flexibility index (Phi) is 5.17. The van der Waals surface area contributed by atoms with Crippen LogP contribution in [0.1, 0.15) is 18.9 Å². The number of halogens is 1. The molecule has 1 N–H and O–H groups in total. The van der Waals surface area contributed by atoms with E-state index in [0.29, 0.717) is 10.7 Å².